The quantitative estimate of drug-likeness (QED) is 0.614. The molecule has 3 aromatic rings. The molecule has 1 heterocycles. The highest BCUT2D eigenvalue weighted by Gasteiger charge is 2.30. The number of likely N-dealkylation sites (tertiary alicyclic amines) is 1. The van der Waals surface area contributed by atoms with Crippen molar-refractivity contribution in [2.45, 2.75) is 37.1 Å². The zero-order chi connectivity index (χ0) is 21.8. The number of hydrogen-bond donors (Lipinski definition) is 1. The minimum atomic E-state index is -3.79. The van der Waals surface area contributed by atoms with Crippen LogP contribution in [-0.4, -0.2) is 31.8 Å². The van der Waals surface area contributed by atoms with Crippen LogP contribution in [0.5, 0.6) is 0 Å². The van der Waals surface area contributed by atoms with Crippen molar-refractivity contribution in [2.75, 3.05) is 11.3 Å². The molecular weight excluding hydrogens is 408 g/mol. The van der Waals surface area contributed by atoms with E-state index in [4.69, 9.17) is 0 Å². The summed E-state index contributed by atoms with van der Waals surface area (Å²) < 4.78 is 28.3. The summed E-state index contributed by atoms with van der Waals surface area (Å²) in [4.78, 5) is 15.2. The van der Waals surface area contributed by atoms with Crippen LogP contribution in [0.25, 0.3) is 0 Å². The highest BCUT2D eigenvalue weighted by molar-refractivity contribution is 7.92. The van der Waals surface area contributed by atoms with E-state index in [2.05, 4.69) is 16.9 Å². The summed E-state index contributed by atoms with van der Waals surface area (Å²) in [5, 5.41) is 0. The van der Waals surface area contributed by atoms with Crippen LogP contribution < -0.4 is 4.72 Å². The van der Waals surface area contributed by atoms with Gasteiger partial charge in [-0.2, -0.15) is 0 Å². The molecule has 1 aliphatic heterocycles. The van der Waals surface area contributed by atoms with Crippen molar-refractivity contribution >= 4 is 21.6 Å². The molecule has 0 radical (unpaired) electrons. The Morgan fingerprint density at radius 3 is 2.48 bits per heavy atom. The van der Waals surface area contributed by atoms with Gasteiger partial charge in [-0.15, -0.1) is 0 Å². The van der Waals surface area contributed by atoms with Crippen molar-refractivity contribution in [1.82, 2.24) is 4.90 Å². The van der Waals surface area contributed by atoms with Gasteiger partial charge >= 0.3 is 0 Å². The highest BCUT2D eigenvalue weighted by atomic mass is 32.2. The zero-order valence-electron chi connectivity index (χ0n) is 17.5. The predicted octanol–water partition coefficient (Wildman–Crippen LogP) is 4.64. The third kappa shape index (κ3) is 4.97. The largest absolute Gasteiger partial charge is 0.335 e. The van der Waals surface area contributed by atoms with E-state index in [1.807, 2.05) is 42.2 Å². The Morgan fingerprint density at radius 1 is 1.00 bits per heavy atom. The van der Waals surface area contributed by atoms with E-state index < -0.39 is 10.0 Å². The molecule has 1 unspecified atom stereocenters. The third-order valence-electron chi connectivity index (χ3n) is 5.65. The Bertz CT molecular complexity index is 1160. The zero-order valence-corrected chi connectivity index (χ0v) is 18.3. The van der Waals surface area contributed by atoms with E-state index in [1.54, 1.807) is 24.3 Å². The lowest BCUT2D eigenvalue weighted by Gasteiger charge is -2.25. The lowest BCUT2D eigenvalue weighted by molar-refractivity contribution is 0.0736. The molecule has 0 aliphatic carbocycles. The Labute approximate surface area is 183 Å². The number of aryl methyl sites for hydroxylation is 1. The number of nitrogens with one attached hydrogen (secondary N) is 1. The Balaban J connectivity index is 1.53. The second-order valence-electron chi connectivity index (χ2n) is 7.98. The SMILES string of the molecule is Cc1ccc(NS(=O)(=O)c2cccc(C(=O)N3CCCC3Cc3ccccc3)c2)cc1. The number of carbonyl (C=O) groups is 1. The maximum absolute atomic E-state index is 13.2. The average molecular weight is 435 g/mol. The summed E-state index contributed by atoms with van der Waals surface area (Å²) in [5.74, 6) is -0.120. The lowest BCUT2D eigenvalue weighted by Crippen LogP contribution is -2.36. The first-order valence-corrected chi connectivity index (χ1v) is 12.0. The van der Waals surface area contributed by atoms with Crippen molar-refractivity contribution in [3.8, 4) is 0 Å². The Kier molecular flexibility index (Phi) is 6.09. The van der Waals surface area contributed by atoms with Crippen LogP contribution in [0.3, 0.4) is 0 Å². The van der Waals surface area contributed by atoms with Gasteiger partial charge in [-0.25, -0.2) is 8.42 Å². The Morgan fingerprint density at radius 2 is 1.74 bits per heavy atom. The minimum Gasteiger partial charge on any atom is -0.335 e. The smallest absolute Gasteiger partial charge is 0.261 e. The fourth-order valence-electron chi connectivity index (χ4n) is 4.00. The van der Waals surface area contributed by atoms with Gasteiger partial charge in [0.05, 0.1) is 4.90 Å². The van der Waals surface area contributed by atoms with Gasteiger partial charge in [-0.05, 0) is 62.1 Å². The summed E-state index contributed by atoms with van der Waals surface area (Å²) in [5.41, 5.74) is 3.13. The maximum Gasteiger partial charge on any atom is 0.261 e. The van der Waals surface area contributed by atoms with Gasteiger partial charge in [0.15, 0.2) is 0 Å². The van der Waals surface area contributed by atoms with Crippen molar-refractivity contribution < 1.29 is 13.2 Å². The Hall–Kier alpha value is -3.12. The minimum absolute atomic E-state index is 0.0812. The summed E-state index contributed by atoms with van der Waals surface area (Å²) >= 11 is 0. The van der Waals surface area contributed by atoms with Gasteiger partial charge in [-0.1, -0.05) is 54.1 Å². The molecule has 4 rings (SSSR count). The monoisotopic (exact) mass is 434 g/mol. The molecule has 1 aliphatic rings. The molecule has 6 heteroatoms. The van der Waals surface area contributed by atoms with Crippen molar-refractivity contribution in [2.24, 2.45) is 0 Å². The second-order valence-corrected chi connectivity index (χ2v) is 9.67. The molecule has 5 nitrogen and oxygen atoms in total. The summed E-state index contributed by atoms with van der Waals surface area (Å²) in [6, 6.07) is 23.7. The number of hydrogen-bond acceptors (Lipinski definition) is 3. The summed E-state index contributed by atoms with van der Waals surface area (Å²) in [6.45, 7) is 2.63. The molecule has 0 saturated carbocycles. The molecule has 1 saturated heterocycles. The van der Waals surface area contributed by atoms with Crippen LogP contribution in [0.15, 0.2) is 83.8 Å². The first-order valence-electron chi connectivity index (χ1n) is 10.5. The van der Waals surface area contributed by atoms with Crippen LogP contribution in [0.4, 0.5) is 5.69 Å². The van der Waals surface area contributed by atoms with Gasteiger partial charge in [0, 0.05) is 23.8 Å². The van der Waals surface area contributed by atoms with E-state index >= 15 is 0 Å². The second kappa shape index (κ2) is 8.94. The molecule has 1 fully saturated rings. The molecule has 1 amide bonds. The molecule has 0 aromatic heterocycles. The van der Waals surface area contributed by atoms with Crippen LogP contribution >= 0.6 is 0 Å². The molecule has 0 spiro atoms. The summed E-state index contributed by atoms with van der Waals surface area (Å²) in [7, 11) is -3.79. The number of benzene rings is 3. The van der Waals surface area contributed by atoms with Crippen molar-refractivity contribution in [3.63, 3.8) is 0 Å². The van der Waals surface area contributed by atoms with E-state index in [9.17, 15) is 13.2 Å². The van der Waals surface area contributed by atoms with E-state index in [1.165, 1.54) is 17.7 Å². The highest BCUT2D eigenvalue weighted by Crippen LogP contribution is 2.25. The normalized spacial score (nSPS) is 16.3. The third-order valence-corrected chi connectivity index (χ3v) is 7.03. The van der Waals surface area contributed by atoms with Crippen LogP contribution in [0.1, 0.15) is 34.3 Å². The van der Waals surface area contributed by atoms with E-state index in [0.29, 0.717) is 17.8 Å². The number of sulfonamides is 1. The predicted molar refractivity (Wildman–Crippen MR) is 123 cm³/mol. The lowest BCUT2D eigenvalue weighted by atomic mass is 10.0. The number of anilines is 1. The van der Waals surface area contributed by atoms with E-state index in [-0.39, 0.29) is 16.8 Å². The fraction of sp³-hybridized carbons (Fsp3) is 0.240. The van der Waals surface area contributed by atoms with Crippen LogP contribution in [-0.2, 0) is 16.4 Å². The molecular formula is C25H26N2O3S. The van der Waals surface area contributed by atoms with E-state index in [0.717, 1.165) is 24.8 Å². The molecule has 160 valence electrons. The van der Waals surface area contributed by atoms with Gasteiger partial charge in [0.25, 0.3) is 15.9 Å². The van der Waals surface area contributed by atoms with Crippen LogP contribution in [0, 0.1) is 6.92 Å². The van der Waals surface area contributed by atoms with Crippen molar-refractivity contribution in [1.29, 1.82) is 0 Å². The molecule has 0 bridgehead atoms. The van der Waals surface area contributed by atoms with Gasteiger partial charge < -0.3 is 4.90 Å². The maximum atomic E-state index is 13.2. The fourth-order valence-corrected chi connectivity index (χ4v) is 5.10. The summed E-state index contributed by atoms with van der Waals surface area (Å²) in [6.07, 6.45) is 2.71. The van der Waals surface area contributed by atoms with Gasteiger partial charge in [0.2, 0.25) is 0 Å². The molecule has 1 atom stereocenters. The van der Waals surface area contributed by atoms with Crippen molar-refractivity contribution in [3.05, 3.63) is 95.6 Å². The van der Waals surface area contributed by atoms with Crippen LogP contribution in [0.2, 0.25) is 0 Å². The number of amides is 1. The van der Waals surface area contributed by atoms with Gasteiger partial charge in [-0.3, -0.25) is 9.52 Å². The molecule has 31 heavy (non-hydrogen) atoms. The average Bonchev–Trinajstić information content (AvgIpc) is 3.23. The first kappa shape index (κ1) is 21.1. The number of rotatable bonds is 6. The number of carbonyl (C=O) groups excluding carboxylic acids is 1. The number of nitrogens with zero attached hydrogens (tertiary/aromatic N) is 1. The topological polar surface area (TPSA) is 66.5 Å². The standard InChI is InChI=1S/C25H26N2O3S/c1-19-12-14-22(15-13-19)26-31(29,30)24-11-5-9-21(18-24)25(28)27-16-6-10-23(27)17-20-7-3-2-4-8-20/h2-5,7-9,11-15,18,23,26H,6,10,16-17H2,1H3. The molecule has 3 aromatic carbocycles. The molecule has 1 N–H and O–H groups in total. The first-order chi connectivity index (χ1) is 14.9. The van der Waals surface area contributed by atoms with Gasteiger partial charge in [0.1, 0.15) is 0 Å².